The lowest BCUT2D eigenvalue weighted by Gasteiger charge is -2.10. The number of carbonyl (C=O) groups excluding carboxylic acids is 1. The molecule has 1 aromatic heterocycles. The zero-order valence-corrected chi connectivity index (χ0v) is 23.0. The maximum Gasteiger partial charge on any atom is 0.281 e. The van der Waals surface area contributed by atoms with Gasteiger partial charge in [-0.05, 0) is 54.6 Å². The molecule has 6 rings (SSSR count). The lowest BCUT2D eigenvalue weighted by Crippen LogP contribution is -2.21. The van der Waals surface area contributed by atoms with Crippen molar-refractivity contribution in [2.24, 2.45) is 5.10 Å². The number of hydrazone groups is 1. The molecule has 4 aromatic carbocycles. The molecule has 0 fully saturated rings. The topological polar surface area (TPSA) is 50.5 Å². The number of anilines is 1. The summed E-state index contributed by atoms with van der Waals surface area (Å²) < 4.78 is 1.87. The number of aromatic nitrogens is 2. The number of amides is 1. The van der Waals surface area contributed by atoms with Crippen LogP contribution in [0.15, 0.2) is 137 Å². The van der Waals surface area contributed by atoms with E-state index in [-0.39, 0.29) is 5.91 Å². The highest BCUT2D eigenvalue weighted by molar-refractivity contribution is 7.99. The van der Waals surface area contributed by atoms with E-state index in [1.54, 1.807) is 0 Å². The van der Waals surface area contributed by atoms with E-state index in [2.05, 4.69) is 31.2 Å². The molecule has 0 saturated heterocycles. The van der Waals surface area contributed by atoms with Crippen LogP contribution < -0.4 is 5.01 Å². The molecule has 0 unspecified atom stereocenters. The van der Waals surface area contributed by atoms with E-state index in [0.29, 0.717) is 11.3 Å². The van der Waals surface area contributed by atoms with Crippen LogP contribution in [0.2, 0.25) is 0 Å². The largest absolute Gasteiger partial charge is 0.281 e. The number of thioether (sulfide) groups is 1. The summed E-state index contributed by atoms with van der Waals surface area (Å²) in [4.78, 5) is 15.1. The molecule has 196 valence electrons. The van der Waals surface area contributed by atoms with Crippen molar-refractivity contribution in [2.75, 3.05) is 10.8 Å². The Hall–Kier alpha value is -4.68. The minimum Gasteiger partial charge on any atom is -0.267 e. The van der Waals surface area contributed by atoms with E-state index in [0.717, 1.165) is 45.9 Å². The van der Waals surface area contributed by atoms with Crippen LogP contribution in [-0.2, 0) is 4.79 Å². The molecule has 0 N–H and O–H groups in total. The Balaban J connectivity index is 1.48. The minimum absolute atomic E-state index is 0.172. The van der Waals surface area contributed by atoms with Crippen molar-refractivity contribution >= 4 is 35.1 Å². The van der Waals surface area contributed by atoms with Gasteiger partial charge in [-0.3, -0.25) is 4.79 Å². The number of benzene rings is 4. The average Bonchev–Trinajstić information content (AvgIpc) is 3.59. The summed E-state index contributed by atoms with van der Waals surface area (Å²) in [6.45, 7) is 2.19. The Bertz CT molecular complexity index is 1680. The van der Waals surface area contributed by atoms with Crippen molar-refractivity contribution in [3.63, 3.8) is 0 Å². The van der Waals surface area contributed by atoms with Crippen LogP contribution in [0.4, 0.5) is 5.69 Å². The van der Waals surface area contributed by atoms with E-state index in [9.17, 15) is 4.79 Å². The van der Waals surface area contributed by atoms with Gasteiger partial charge in [-0.15, -0.1) is 11.8 Å². The summed E-state index contributed by atoms with van der Waals surface area (Å²) in [6, 6.07) is 37.9. The maximum atomic E-state index is 13.9. The van der Waals surface area contributed by atoms with Crippen LogP contribution in [0.1, 0.15) is 24.5 Å². The highest BCUT2D eigenvalue weighted by Crippen LogP contribution is 2.32. The second-order valence-electron chi connectivity index (χ2n) is 9.41. The van der Waals surface area contributed by atoms with Crippen molar-refractivity contribution in [3.05, 3.63) is 138 Å². The Morgan fingerprint density at radius 3 is 2.02 bits per heavy atom. The SMILES string of the molecule is CCCSc1ccc(-c2nn(-c3ccccc3)cc2/C=C2\C(=O)N(c3ccccc3)N=C2c2ccccc2)cc1. The van der Waals surface area contributed by atoms with Crippen molar-refractivity contribution in [3.8, 4) is 16.9 Å². The van der Waals surface area contributed by atoms with E-state index in [1.165, 1.54) is 9.90 Å². The highest BCUT2D eigenvalue weighted by Gasteiger charge is 2.32. The Labute approximate surface area is 238 Å². The van der Waals surface area contributed by atoms with Crippen LogP contribution in [0.3, 0.4) is 0 Å². The van der Waals surface area contributed by atoms with Gasteiger partial charge in [0.2, 0.25) is 0 Å². The van der Waals surface area contributed by atoms with Crippen LogP contribution in [0.5, 0.6) is 0 Å². The Morgan fingerprint density at radius 2 is 1.38 bits per heavy atom. The average molecular weight is 541 g/mol. The molecule has 0 aliphatic carbocycles. The van der Waals surface area contributed by atoms with Crippen LogP contribution in [0, 0.1) is 0 Å². The van der Waals surface area contributed by atoms with Crippen molar-refractivity contribution in [2.45, 2.75) is 18.2 Å². The van der Waals surface area contributed by atoms with Crippen molar-refractivity contribution < 1.29 is 4.79 Å². The van der Waals surface area contributed by atoms with Crippen molar-refractivity contribution in [1.82, 2.24) is 9.78 Å². The molecule has 0 spiro atoms. The zero-order valence-electron chi connectivity index (χ0n) is 22.1. The number of rotatable bonds is 8. The lowest BCUT2D eigenvalue weighted by atomic mass is 9.99. The van der Waals surface area contributed by atoms with Gasteiger partial charge in [0.15, 0.2) is 0 Å². The number of hydrogen-bond acceptors (Lipinski definition) is 4. The van der Waals surface area contributed by atoms with E-state index < -0.39 is 0 Å². The third kappa shape index (κ3) is 5.26. The predicted octanol–water partition coefficient (Wildman–Crippen LogP) is 7.88. The second kappa shape index (κ2) is 11.6. The first-order valence-electron chi connectivity index (χ1n) is 13.3. The second-order valence-corrected chi connectivity index (χ2v) is 10.6. The van der Waals surface area contributed by atoms with Gasteiger partial charge >= 0.3 is 0 Å². The van der Waals surface area contributed by atoms with Gasteiger partial charge in [-0.2, -0.15) is 15.2 Å². The monoisotopic (exact) mass is 540 g/mol. The molecule has 5 nitrogen and oxygen atoms in total. The van der Waals surface area contributed by atoms with Crippen molar-refractivity contribution in [1.29, 1.82) is 0 Å². The van der Waals surface area contributed by atoms with Gasteiger partial charge in [0.05, 0.1) is 22.6 Å². The smallest absolute Gasteiger partial charge is 0.267 e. The summed E-state index contributed by atoms with van der Waals surface area (Å²) >= 11 is 1.85. The highest BCUT2D eigenvalue weighted by atomic mass is 32.2. The standard InChI is InChI=1S/C34H28N4OS/c1-2-22-40-30-20-18-26(19-21-30)32-27(24-37(35-32)28-14-8-4-9-15-28)23-31-33(25-12-6-3-7-13-25)36-38(34(31)39)29-16-10-5-11-17-29/h3-21,23-24H,2,22H2,1H3/b31-23-. The molecule has 6 heteroatoms. The Morgan fingerprint density at radius 1 is 0.750 bits per heavy atom. The van der Waals surface area contributed by atoms with Crippen LogP contribution in [-0.4, -0.2) is 27.2 Å². The first-order valence-corrected chi connectivity index (χ1v) is 14.3. The molecule has 40 heavy (non-hydrogen) atoms. The quantitative estimate of drug-likeness (QED) is 0.149. The van der Waals surface area contributed by atoms with Crippen LogP contribution >= 0.6 is 11.8 Å². The summed E-state index contributed by atoms with van der Waals surface area (Å²) in [5.74, 6) is 0.913. The van der Waals surface area contributed by atoms with E-state index >= 15 is 0 Å². The van der Waals surface area contributed by atoms with Gasteiger partial charge in [-0.25, -0.2) is 4.68 Å². The third-order valence-electron chi connectivity index (χ3n) is 6.59. The molecule has 1 aliphatic heterocycles. The summed E-state index contributed by atoms with van der Waals surface area (Å²) in [5.41, 5.74) is 6.37. The van der Waals surface area contributed by atoms with E-state index in [1.807, 2.05) is 120 Å². The maximum absolute atomic E-state index is 13.9. The Kier molecular flexibility index (Phi) is 7.42. The normalized spacial score (nSPS) is 14.1. The van der Waals surface area contributed by atoms with Gasteiger partial charge in [-0.1, -0.05) is 85.8 Å². The van der Waals surface area contributed by atoms with Crippen LogP contribution in [0.25, 0.3) is 23.0 Å². The molecule has 5 aromatic rings. The third-order valence-corrected chi connectivity index (χ3v) is 7.81. The fraction of sp³-hybridized carbons (Fsp3) is 0.0882. The molecule has 0 atom stereocenters. The fourth-order valence-electron chi connectivity index (χ4n) is 4.61. The fourth-order valence-corrected chi connectivity index (χ4v) is 5.38. The lowest BCUT2D eigenvalue weighted by molar-refractivity contribution is -0.114. The molecular weight excluding hydrogens is 512 g/mol. The van der Waals surface area contributed by atoms with Gasteiger partial charge < -0.3 is 0 Å². The first kappa shape index (κ1) is 25.6. The molecule has 1 amide bonds. The first-order chi connectivity index (χ1) is 19.7. The molecule has 0 bridgehead atoms. The van der Waals surface area contributed by atoms with Gasteiger partial charge in [0, 0.05) is 27.8 Å². The number of nitrogens with zero attached hydrogens (tertiary/aromatic N) is 4. The number of hydrogen-bond donors (Lipinski definition) is 0. The summed E-state index contributed by atoms with van der Waals surface area (Å²) in [6.07, 6.45) is 5.04. The van der Waals surface area contributed by atoms with E-state index in [4.69, 9.17) is 10.2 Å². The molecule has 0 radical (unpaired) electrons. The summed E-state index contributed by atoms with van der Waals surface area (Å²) in [5, 5.41) is 11.3. The molecule has 1 aliphatic rings. The zero-order chi connectivity index (χ0) is 27.3. The van der Waals surface area contributed by atoms with Gasteiger partial charge in [0.1, 0.15) is 5.71 Å². The molecular formula is C34H28N4OS. The summed E-state index contributed by atoms with van der Waals surface area (Å²) in [7, 11) is 0. The van der Waals surface area contributed by atoms with Gasteiger partial charge in [0.25, 0.3) is 5.91 Å². The predicted molar refractivity (Wildman–Crippen MR) is 165 cm³/mol. The molecule has 0 saturated carbocycles. The minimum atomic E-state index is -0.172. The number of carbonyl (C=O) groups is 1. The number of para-hydroxylation sites is 2. The molecule has 2 heterocycles.